The second-order valence-corrected chi connectivity index (χ2v) is 5.61. The number of fused-ring (bicyclic) bond motifs is 1. The third kappa shape index (κ3) is 2.16. The largest absolute Gasteiger partial charge is 0.466 e. The van der Waals surface area contributed by atoms with Crippen LogP contribution in [-0.2, 0) is 14.9 Å². The zero-order valence-corrected chi connectivity index (χ0v) is 13.0. The van der Waals surface area contributed by atoms with Gasteiger partial charge in [0.25, 0.3) is 0 Å². The Labute approximate surface area is 139 Å². The number of halogens is 1. The molecular weight excluding hydrogens is 307 g/mol. The quantitative estimate of drug-likeness (QED) is 0.863. The lowest BCUT2D eigenvalue weighted by Crippen LogP contribution is -2.35. The lowest BCUT2D eigenvalue weighted by molar-refractivity contribution is -0.136. The van der Waals surface area contributed by atoms with E-state index in [1.807, 2.05) is 6.07 Å². The minimum atomic E-state index is -1.20. The fraction of sp³-hybridized carbons (Fsp3) is 0.158. The molecule has 0 radical (unpaired) electrons. The molecule has 2 aromatic rings. The molecule has 5 heteroatoms. The van der Waals surface area contributed by atoms with E-state index in [1.54, 1.807) is 36.4 Å². The molecule has 0 saturated carbocycles. The Kier molecular flexibility index (Phi) is 3.82. The fourth-order valence-corrected chi connectivity index (χ4v) is 3.21. The number of esters is 1. The molecule has 24 heavy (non-hydrogen) atoms. The van der Waals surface area contributed by atoms with Gasteiger partial charge in [0.05, 0.1) is 24.4 Å². The lowest BCUT2D eigenvalue weighted by atomic mass is 9.66. The molecule has 0 heterocycles. The van der Waals surface area contributed by atoms with Crippen molar-refractivity contribution in [1.29, 1.82) is 5.26 Å². The molecule has 0 amide bonds. The van der Waals surface area contributed by atoms with Crippen LogP contribution < -0.4 is 5.73 Å². The molecular formula is C19H15FN2O2. The topological polar surface area (TPSA) is 76.1 Å². The van der Waals surface area contributed by atoms with Crippen molar-refractivity contribution in [1.82, 2.24) is 0 Å². The number of hydrogen-bond acceptors (Lipinski definition) is 4. The molecule has 0 aromatic heterocycles. The first-order valence-electron chi connectivity index (χ1n) is 7.38. The summed E-state index contributed by atoms with van der Waals surface area (Å²) in [4.78, 5) is 12.1. The highest BCUT2D eigenvalue weighted by Gasteiger charge is 2.44. The van der Waals surface area contributed by atoms with Gasteiger partial charge in [-0.25, -0.2) is 9.18 Å². The third-order valence-corrected chi connectivity index (χ3v) is 4.40. The fourth-order valence-electron chi connectivity index (χ4n) is 3.21. The first-order chi connectivity index (χ1) is 11.5. The smallest absolute Gasteiger partial charge is 0.335 e. The van der Waals surface area contributed by atoms with Crippen LogP contribution in [-0.4, -0.2) is 13.1 Å². The van der Waals surface area contributed by atoms with E-state index in [1.165, 1.54) is 13.2 Å². The number of methoxy groups -OCH3 is 1. The van der Waals surface area contributed by atoms with E-state index in [2.05, 4.69) is 6.07 Å². The van der Waals surface area contributed by atoms with Crippen LogP contribution >= 0.6 is 0 Å². The molecule has 0 fully saturated rings. The normalized spacial score (nSPS) is 19.4. The highest BCUT2D eigenvalue weighted by molar-refractivity contribution is 5.99. The van der Waals surface area contributed by atoms with Crippen molar-refractivity contribution in [2.75, 3.05) is 7.11 Å². The maximum atomic E-state index is 14.5. The number of nitriles is 1. The van der Waals surface area contributed by atoms with E-state index in [4.69, 9.17) is 10.5 Å². The van der Waals surface area contributed by atoms with E-state index in [0.29, 0.717) is 11.1 Å². The molecule has 1 atom stereocenters. The highest BCUT2D eigenvalue weighted by Crippen LogP contribution is 2.46. The van der Waals surface area contributed by atoms with Gasteiger partial charge in [0, 0.05) is 12.0 Å². The number of hydrogen-bond donors (Lipinski definition) is 1. The lowest BCUT2D eigenvalue weighted by Gasteiger charge is -2.35. The summed E-state index contributed by atoms with van der Waals surface area (Å²) in [5.74, 6) is -1.22. The van der Waals surface area contributed by atoms with E-state index in [-0.39, 0.29) is 23.3 Å². The average Bonchev–Trinajstić information content (AvgIpc) is 2.62. The molecule has 120 valence electrons. The van der Waals surface area contributed by atoms with Crippen LogP contribution in [0.15, 0.2) is 54.1 Å². The summed E-state index contributed by atoms with van der Waals surface area (Å²) in [6.07, 6.45) is 0.0302. The van der Waals surface area contributed by atoms with Gasteiger partial charge in [0.1, 0.15) is 11.2 Å². The Morgan fingerprint density at radius 2 is 1.96 bits per heavy atom. The van der Waals surface area contributed by atoms with Gasteiger partial charge in [0.2, 0.25) is 0 Å². The molecule has 2 N–H and O–H groups in total. The van der Waals surface area contributed by atoms with Gasteiger partial charge in [-0.15, -0.1) is 0 Å². The van der Waals surface area contributed by atoms with Gasteiger partial charge >= 0.3 is 5.97 Å². The SMILES string of the molecule is COC(=O)C1=C(N)c2c(F)cccc2[C@@](C#N)(c2ccccc2)C1. The Morgan fingerprint density at radius 3 is 2.58 bits per heavy atom. The molecule has 0 spiro atoms. The van der Waals surface area contributed by atoms with Gasteiger partial charge in [-0.3, -0.25) is 0 Å². The average molecular weight is 322 g/mol. The predicted octanol–water partition coefficient (Wildman–Crippen LogP) is 2.88. The summed E-state index contributed by atoms with van der Waals surface area (Å²) in [5, 5.41) is 10.0. The van der Waals surface area contributed by atoms with E-state index in [9.17, 15) is 14.4 Å². The van der Waals surface area contributed by atoms with Crippen molar-refractivity contribution >= 4 is 11.7 Å². The zero-order valence-electron chi connectivity index (χ0n) is 13.0. The molecule has 1 aliphatic rings. The summed E-state index contributed by atoms with van der Waals surface area (Å²) in [6, 6.07) is 15.8. The van der Waals surface area contributed by atoms with Gasteiger partial charge in [-0.1, -0.05) is 42.5 Å². The molecule has 0 saturated heterocycles. The molecule has 4 nitrogen and oxygen atoms in total. The van der Waals surface area contributed by atoms with Crippen LogP contribution in [0.3, 0.4) is 0 Å². The van der Waals surface area contributed by atoms with Crippen LogP contribution in [0.1, 0.15) is 23.1 Å². The van der Waals surface area contributed by atoms with Crippen LogP contribution in [0.5, 0.6) is 0 Å². The predicted molar refractivity (Wildman–Crippen MR) is 87.0 cm³/mol. The van der Waals surface area contributed by atoms with E-state index >= 15 is 0 Å². The molecule has 1 aliphatic carbocycles. The van der Waals surface area contributed by atoms with E-state index in [0.717, 1.165) is 0 Å². The second-order valence-electron chi connectivity index (χ2n) is 5.61. The number of rotatable bonds is 2. The highest BCUT2D eigenvalue weighted by atomic mass is 19.1. The Bertz CT molecular complexity index is 884. The maximum Gasteiger partial charge on any atom is 0.335 e. The molecule has 3 rings (SSSR count). The molecule has 0 aliphatic heterocycles. The van der Waals surface area contributed by atoms with Crippen molar-refractivity contribution in [3.8, 4) is 6.07 Å². The maximum absolute atomic E-state index is 14.5. The standard InChI is InChI=1S/C19H15FN2O2/c1-24-18(23)13-10-19(11-21,12-6-3-2-4-7-12)14-8-5-9-15(20)16(14)17(13)22/h2-9H,10,22H2,1H3/t19-/m0/s1. The van der Waals surface area contributed by atoms with Crippen LogP contribution in [0.4, 0.5) is 4.39 Å². The first kappa shape index (κ1) is 15.8. The monoisotopic (exact) mass is 322 g/mol. The summed E-state index contributed by atoms with van der Waals surface area (Å²) in [6.45, 7) is 0. The van der Waals surface area contributed by atoms with Crippen LogP contribution in [0.25, 0.3) is 5.70 Å². The minimum Gasteiger partial charge on any atom is -0.466 e. The Balaban J connectivity index is 2.37. The number of nitrogens with two attached hydrogens (primary N) is 1. The van der Waals surface area contributed by atoms with Gasteiger partial charge in [-0.2, -0.15) is 5.26 Å². The van der Waals surface area contributed by atoms with Gasteiger partial charge in [-0.05, 0) is 17.2 Å². The Hall–Kier alpha value is -3.13. The van der Waals surface area contributed by atoms with Crippen molar-refractivity contribution in [3.63, 3.8) is 0 Å². The van der Waals surface area contributed by atoms with Crippen molar-refractivity contribution in [3.05, 3.63) is 76.6 Å². The van der Waals surface area contributed by atoms with Gasteiger partial charge in [0.15, 0.2) is 0 Å². The summed E-state index contributed by atoms with van der Waals surface area (Å²) in [5.41, 5.74) is 6.21. The minimum absolute atomic E-state index is 0.0248. The number of nitrogens with zero attached hydrogens (tertiary/aromatic N) is 1. The number of carbonyl (C=O) groups is 1. The van der Waals surface area contributed by atoms with Crippen LogP contribution in [0.2, 0.25) is 0 Å². The Morgan fingerprint density at radius 1 is 1.25 bits per heavy atom. The second kappa shape index (κ2) is 5.82. The molecule has 2 aromatic carbocycles. The van der Waals surface area contributed by atoms with Crippen molar-refractivity contribution < 1.29 is 13.9 Å². The molecule has 0 unspecified atom stereocenters. The van der Waals surface area contributed by atoms with Crippen molar-refractivity contribution in [2.24, 2.45) is 5.73 Å². The summed E-state index contributed by atoms with van der Waals surface area (Å²) in [7, 11) is 1.23. The molecule has 0 bridgehead atoms. The number of ether oxygens (including phenoxy) is 1. The van der Waals surface area contributed by atoms with Crippen LogP contribution in [0, 0.1) is 17.1 Å². The number of benzene rings is 2. The summed E-state index contributed by atoms with van der Waals surface area (Å²) < 4.78 is 19.3. The van der Waals surface area contributed by atoms with Crippen molar-refractivity contribution in [2.45, 2.75) is 11.8 Å². The third-order valence-electron chi connectivity index (χ3n) is 4.40. The zero-order chi connectivity index (χ0) is 17.3. The number of carbonyl (C=O) groups excluding carboxylic acids is 1. The van der Waals surface area contributed by atoms with Gasteiger partial charge < -0.3 is 10.5 Å². The summed E-state index contributed by atoms with van der Waals surface area (Å²) >= 11 is 0. The van der Waals surface area contributed by atoms with E-state index < -0.39 is 17.2 Å². The first-order valence-corrected chi connectivity index (χ1v) is 7.38.